The number of aryl methyl sites for hydroxylation is 1. The van der Waals surface area contributed by atoms with Crippen LogP contribution in [0.1, 0.15) is 50.7 Å². The van der Waals surface area contributed by atoms with Crippen molar-refractivity contribution >= 4 is 0 Å². The largest absolute Gasteiger partial charge is 0.496 e. The molecule has 2 rings (SSSR count). The van der Waals surface area contributed by atoms with Crippen molar-refractivity contribution < 1.29 is 4.74 Å². The molecule has 1 unspecified atom stereocenters. The van der Waals surface area contributed by atoms with E-state index in [1.54, 1.807) is 7.11 Å². The first-order valence-electron chi connectivity index (χ1n) is 7.37. The molecule has 1 aliphatic carbocycles. The molecule has 0 aliphatic heterocycles. The van der Waals surface area contributed by atoms with Gasteiger partial charge >= 0.3 is 0 Å². The molecular weight excluding hydrogens is 234 g/mol. The summed E-state index contributed by atoms with van der Waals surface area (Å²) in [5.41, 5.74) is 3.00. The Morgan fingerprint density at radius 3 is 2.84 bits per heavy atom. The molecule has 19 heavy (non-hydrogen) atoms. The summed E-state index contributed by atoms with van der Waals surface area (Å²) in [6.45, 7) is 7.77. The second kappa shape index (κ2) is 5.96. The maximum Gasteiger partial charge on any atom is 0.123 e. The van der Waals surface area contributed by atoms with Crippen LogP contribution in [0.4, 0.5) is 0 Å². The van der Waals surface area contributed by atoms with Crippen LogP contribution in [0.2, 0.25) is 0 Å². The zero-order valence-electron chi connectivity index (χ0n) is 12.8. The monoisotopic (exact) mass is 261 g/mol. The van der Waals surface area contributed by atoms with Crippen molar-refractivity contribution in [1.29, 1.82) is 0 Å². The molecule has 0 spiro atoms. The maximum absolute atomic E-state index is 5.47. The Kier molecular flexibility index (Phi) is 4.51. The summed E-state index contributed by atoms with van der Waals surface area (Å²) in [7, 11) is 1.75. The summed E-state index contributed by atoms with van der Waals surface area (Å²) in [4.78, 5) is 0. The normalized spacial score (nSPS) is 22.2. The summed E-state index contributed by atoms with van der Waals surface area (Å²) in [5, 5.41) is 3.71. The lowest BCUT2D eigenvalue weighted by Crippen LogP contribution is -2.36. The predicted octanol–water partition coefficient (Wildman–Crippen LogP) is 4.06. The Hall–Kier alpha value is -1.02. The predicted molar refractivity (Wildman–Crippen MR) is 80.6 cm³/mol. The lowest BCUT2D eigenvalue weighted by molar-refractivity contribution is 0.197. The molecule has 1 aromatic carbocycles. The zero-order valence-corrected chi connectivity index (χ0v) is 12.8. The van der Waals surface area contributed by atoms with Crippen molar-refractivity contribution in [2.45, 2.75) is 59.0 Å². The number of nitrogens with one attached hydrogen (secondary N) is 1. The molecule has 0 saturated heterocycles. The summed E-state index contributed by atoms with van der Waals surface area (Å²) >= 11 is 0. The van der Waals surface area contributed by atoms with Crippen LogP contribution in [0.5, 0.6) is 5.75 Å². The smallest absolute Gasteiger partial charge is 0.123 e. The van der Waals surface area contributed by atoms with Crippen molar-refractivity contribution in [2.75, 3.05) is 7.11 Å². The highest BCUT2D eigenvalue weighted by atomic mass is 16.5. The van der Waals surface area contributed by atoms with Gasteiger partial charge in [-0.2, -0.15) is 0 Å². The van der Waals surface area contributed by atoms with E-state index >= 15 is 0 Å². The molecule has 2 heteroatoms. The van der Waals surface area contributed by atoms with Crippen LogP contribution < -0.4 is 10.1 Å². The van der Waals surface area contributed by atoms with E-state index in [-0.39, 0.29) is 0 Å². The van der Waals surface area contributed by atoms with Gasteiger partial charge in [-0.1, -0.05) is 32.4 Å². The summed E-state index contributed by atoms with van der Waals surface area (Å²) in [5.74, 6) is 1.00. The van der Waals surface area contributed by atoms with E-state index in [1.165, 1.54) is 36.8 Å². The third-order valence-electron chi connectivity index (χ3n) is 4.23. The molecule has 0 heterocycles. The molecule has 1 fully saturated rings. The molecule has 0 radical (unpaired) electrons. The third kappa shape index (κ3) is 3.97. The van der Waals surface area contributed by atoms with E-state index in [9.17, 15) is 0 Å². The van der Waals surface area contributed by atoms with E-state index in [0.29, 0.717) is 11.5 Å². The van der Waals surface area contributed by atoms with Crippen LogP contribution in [0, 0.1) is 12.3 Å². The fourth-order valence-electron chi connectivity index (χ4n) is 3.12. The Morgan fingerprint density at radius 1 is 1.37 bits per heavy atom. The third-order valence-corrected chi connectivity index (χ3v) is 4.23. The van der Waals surface area contributed by atoms with Crippen molar-refractivity contribution in [3.05, 3.63) is 29.3 Å². The average Bonchev–Trinajstić information content (AvgIpc) is 2.36. The minimum absolute atomic E-state index is 0.493. The summed E-state index contributed by atoms with van der Waals surface area (Å²) in [6, 6.07) is 7.09. The molecule has 0 amide bonds. The minimum Gasteiger partial charge on any atom is -0.496 e. The van der Waals surface area contributed by atoms with Gasteiger partial charge in [0.15, 0.2) is 0 Å². The lowest BCUT2D eigenvalue weighted by Gasteiger charge is -2.35. The highest BCUT2D eigenvalue weighted by molar-refractivity contribution is 5.37. The van der Waals surface area contributed by atoms with Crippen LogP contribution in [-0.2, 0) is 6.54 Å². The Labute approximate surface area is 117 Å². The number of hydrogen-bond donors (Lipinski definition) is 1. The number of rotatable bonds is 4. The van der Waals surface area contributed by atoms with E-state index in [1.807, 2.05) is 0 Å². The van der Waals surface area contributed by atoms with Crippen LogP contribution in [-0.4, -0.2) is 13.2 Å². The summed E-state index contributed by atoms with van der Waals surface area (Å²) < 4.78 is 5.47. The van der Waals surface area contributed by atoms with E-state index in [0.717, 1.165) is 12.3 Å². The standard InChI is InChI=1S/C17H27NO/c1-13-7-8-14(16(10-13)19-4)12-18-15-6-5-9-17(2,3)11-15/h7-8,10,15,18H,5-6,9,11-12H2,1-4H3. The number of ether oxygens (including phenoxy) is 1. The van der Waals surface area contributed by atoms with Gasteiger partial charge in [0.25, 0.3) is 0 Å². The topological polar surface area (TPSA) is 21.3 Å². The van der Waals surface area contributed by atoms with E-state index < -0.39 is 0 Å². The average molecular weight is 261 g/mol. The Bertz CT molecular complexity index is 425. The van der Waals surface area contributed by atoms with E-state index in [2.05, 4.69) is 44.3 Å². The highest BCUT2D eigenvalue weighted by Crippen LogP contribution is 2.35. The SMILES string of the molecule is COc1cc(C)ccc1CNC1CCCC(C)(C)C1. The highest BCUT2D eigenvalue weighted by Gasteiger charge is 2.27. The first-order valence-corrected chi connectivity index (χ1v) is 7.37. The van der Waals surface area contributed by atoms with Gasteiger partial charge in [0.2, 0.25) is 0 Å². The molecule has 1 aliphatic rings. The van der Waals surface area contributed by atoms with Crippen molar-refractivity contribution in [3.8, 4) is 5.75 Å². The van der Waals surface area contributed by atoms with Crippen LogP contribution in [0.15, 0.2) is 18.2 Å². The number of hydrogen-bond acceptors (Lipinski definition) is 2. The molecule has 0 aromatic heterocycles. The minimum atomic E-state index is 0.493. The number of benzene rings is 1. The molecule has 0 bridgehead atoms. The lowest BCUT2D eigenvalue weighted by atomic mass is 9.75. The van der Waals surface area contributed by atoms with Crippen molar-refractivity contribution in [1.82, 2.24) is 5.32 Å². The fourth-order valence-corrected chi connectivity index (χ4v) is 3.12. The fraction of sp³-hybridized carbons (Fsp3) is 0.647. The molecule has 1 N–H and O–H groups in total. The molecule has 1 atom stereocenters. The molecular formula is C17H27NO. The maximum atomic E-state index is 5.47. The summed E-state index contributed by atoms with van der Waals surface area (Å²) in [6.07, 6.45) is 5.29. The van der Waals surface area contributed by atoms with Gasteiger partial charge in [-0.25, -0.2) is 0 Å². The number of methoxy groups -OCH3 is 1. The second-order valence-corrected chi connectivity index (χ2v) is 6.65. The molecule has 106 valence electrons. The van der Waals surface area contributed by atoms with Crippen LogP contribution in [0.25, 0.3) is 0 Å². The Balaban J connectivity index is 1.95. The van der Waals surface area contributed by atoms with Gasteiger partial charge in [0, 0.05) is 18.2 Å². The molecule has 2 nitrogen and oxygen atoms in total. The molecule has 1 saturated carbocycles. The van der Waals surface area contributed by atoms with Gasteiger partial charge in [0.1, 0.15) is 5.75 Å². The second-order valence-electron chi connectivity index (χ2n) is 6.65. The van der Waals surface area contributed by atoms with Crippen molar-refractivity contribution in [3.63, 3.8) is 0 Å². The van der Waals surface area contributed by atoms with Crippen molar-refractivity contribution in [2.24, 2.45) is 5.41 Å². The van der Waals surface area contributed by atoms with Gasteiger partial charge in [0.05, 0.1) is 7.11 Å². The van der Waals surface area contributed by atoms with Crippen LogP contribution >= 0.6 is 0 Å². The van der Waals surface area contributed by atoms with Crippen LogP contribution in [0.3, 0.4) is 0 Å². The van der Waals surface area contributed by atoms with Gasteiger partial charge < -0.3 is 10.1 Å². The van der Waals surface area contributed by atoms with Gasteiger partial charge in [-0.05, 0) is 43.2 Å². The first kappa shape index (κ1) is 14.4. The van der Waals surface area contributed by atoms with Gasteiger partial charge in [-0.3, -0.25) is 0 Å². The Morgan fingerprint density at radius 2 is 2.16 bits per heavy atom. The van der Waals surface area contributed by atoms with E-state index in [4.69, 9.17) is 4.74 Å². The molecule has 1 aromatic rings. The zero-order chi connectivity index (χ0) is 13.9. The van der Waals surface area contributed by atoms with Gasteiger partial charge in [-0.15, -0.1) is 0 Å². The first-order chi connectivity index (χ1) is 9.00. The quantitative estimate of drug-likeness (QED) is 0.882.